The van der Waals surface area contributed by atoms with Gasteiger partial charge in [-0.15, -0.1) is 0 Å². The first kappa shape index (κ1) is 13.7. The third-order valence-corrected chi connectivity index (χ3v) is 4.68. The van der Waals surface area contributed by atoms with E-state index in [1.54, 1.807) is 0 Å². The van der Waals surface area contributed by atoms with Crippen LogP contribution in [-0.4, -0.2) is 18.1 Å². The van der Waals surface area contributed by atoms with Gasteiger partial charge in [0, 0.05) is 23.5 Å². The summed E-state index contributed by atoms with van der Waals surface area (Å²) in [5.74, 6) is 1.07. The van der Waals surface area contributed by atoms with Crippen LogP contribution >= 0.6 is 11.6 Å². The molecule has 1 saturated carbocycles. The van der Waals surface area contributed by atoms with Crippen LogP contribution in [0.2, 0.25) is 5.02 Å². The van der Waals surface area contributed by atoms with E-state index in [-0.39, 0.29) is 0 Å². The van der Waals surface area contributed by atoms with Crippen LogP contribution in [0.5, 0.6) is 0 Å². The summed E-state index contributed by atoms with van der Waals surface area (Å²) in [5, 5.41) is 1.94. The molecule has 0 amide bonds. The fourth-order valence-corrected chi connectivity index (χ4v) is 3.36. The predicted molar refractivity (Wildman–Crippen MR) is 86.8 cm³/mol. The van der Waals surface area contributed by atoms with Gasteiger partial charge in [-0.3, -0.25) is 0 Å². The van der Waals surface area contributed by atoms with E-state index in [0.717, 1.165) is 16.4 Å². The minimum atomic E-state index is 0.632. The number of rotatable bonds is 2. The van der Waals surface area contributed by atoms with E-state index < -0.39 is 0 Å². The Morgan fingerprint density at radius 3 is 2.65 bits per heavy atom. The third-order valence-electron chi connectivity index (χ3n) is 4.45. The van der Waals surface area contributed by atoms with Crippen LogP contribution in [0.15, 0.2) is 24.3 Å². The predicted octanol–water partition coefficient (Wildman–Crippen LogP) is 4.97. The summed E-state index contributed by atoms with van der Waals surface area (Å²) in [6.45, 7) is 2.15. The highest BCUT2D eigenvalue weighted by Crippen LogP contribution is 2.28. The first-order valence-electron chi connectivity index (χ1n) is 7.45. The lowest BCUT2D eigenvalue weighted by Crippen LogP contribution is -2.33. The highest BCUT2D eigenvalue weighted by atomic mass is 35.5. The van der Waals surface area contributed by atoms with Crippen LogP contribution < -0.4 is 4.90 Å². The summed E-state index contributed by atoms with van der Waals surface area (Å²) in [6, 6.07) is 8.78. The Morgan fingerprint density at radius 2 is 1.90 bits per heavy atom. The largest absolute Gasteiger partial charge is 0.357 e. The summed E-state index contributed by atoms with van der Waals surface area (Å²) in [4.78, 5) is 7.17. The molecule has 0 radical (unpaired) electrons. The van der Waals surface area contributed by atoms with Crippen molar-refractivity contribution in [2.45, 2.75) is 45.1 Å². The molecular formula is C17H21ClN2. The zero-order valence-electron chi connectivity index (χ0n) is 12.2. The fraction of sp³-hybridized carbons (Fsp3) is 0.471. The van der Waals surface area contributed by atoms with E-state index in [1.165, 1.54) is 43.1 Å². The highest BCUT2D eigenvalue weighted by Gasteiger charge is 2.19. The molecule has 2 nitrogen and oxygen atoms in total. The molecule has 3 rings (SSSR count). The number of nitrogens with zero attached hydrogens (tertiary/aromatic N) is 2. The molecule has 1 heterocycles. The number of halogens is 1. The van der Waals surface area contributed by atoms with Gasteiger partial charge < -0.3 is 4.90 Å². The molecule has 1 aliphatic carbocycles. The minimum absolute atomic E-state index is 0.632. The van der Waals surface area contributed by atoms with Crippen LogP contribution in [0.3, 0.4) is 0 Å². The minimum Gasteiger partial charge on any atom is -0.357 e. The highest BCUT2D eigenvalue weighted by molar-refractivity contribution is 6.31. The molecule has 20 heavy (non-hydrogen) atoms. The van der Waals surface area contributed by atoms with E-state index >= 15 is 0 Å². The Labute approximate surface area is 125 Å². The maximum Gasteiger partial charge on any atom is 0.129 e. The van der Waals surface area contributed by atoms with E-state index in [2.05, 4.69) is 31.0 Å². The number of benzene rings is 1. The molecule has 0 atom stereocenters. The Balaban J connectivity index is 1.98. The number of anilines is 1. The first-order chi connectivity index (χ1) is 9.65. The van der Waals surface area contributed by atoms with Crippen molar-refractivity contribution in [2.75, 3.05) is 11.9 Å². The van der Waals surface area contributed by atoms with Crippen molar-refractivity contribution in [1.82, 2.24) is 4.98 Å². The average Bonchev–Trinajstić information content (AvgIpc) is 2.46. The second-order valence-electron chi connectivity index (χ2n) is 5.86. The monoisotopic (exact) mass is 288 g/mol. The van der Waals surface area contributed by atoms with Gasteiger partial charge in [0.1, 0.15) is 5.82 Å². The molecule has 1 fully saturated rings. The maximum atomic E-state index is 6.10. The number of hydrogen-bond acceptors (Lipinski definition) is 2. The Morgan fingerprint density at radius 1 is 1.15 bits per heavy atom. The number of aromatic nitrogens is 1. The molecule has 1 aromatic carbocycles. The molecule has 0 N–H and O–H groups in total. The van der Waals surface area contributed by atoms with Gasteiger partial charge in [-0.2, -0.15) is 0 Å². The third kappa shape index (κ3) is 2.62. The van der Waals surface area contributed by atoms with E-state index in [1.807, 2.05) is 12.1 Å². The van der Waals surface area contributed by atoms with Crippen molar-refractivity contribution in [2.24, 2.45) is 0 Å². The van der Waals surface area contributed by atoms with Crippen LogP contribution in [0.4, 0.5) is 5.82 Å². The van der Waals surface area contributed by atoms with Gasteiger partial charge in [0.2, 0.25) is 0 Å². The average molecular weight is 289 g/mol. The molecule has 0 bridgehead atoms. The summed E-state index contributed by atoms with van der Waals surface area (Å²) >= 11 is 6.10. The summed E-state index contributed by atoms with van der Waals surface area (Å²) < 4.78 is 0. The lowest BCUT2D eigenvalue weighted by molar-refractivity contribution is 0.426. The Kier molecular flexibility index (Phi) is 3.84. The van der Waals surface area contributed by atoms with Crippen molar-refractivity contribution in [3.8, 4) is 0 Å². The van der Waals surface area contributed by atoms with Crippen molar-refractivity contribution in [3.05, 3.63) is 34.9 Å². The normalized spacial score (nSPS) is 16.6. The van der Waals surface area contributed by atoms with E-state index in [9.17, 15) is 0 Å². The van der Waals surface area contributed by atoms with Gasteiger partial charge in [-0.25, -0.2) is 4.98 Å². The standard InChI is InChI=1S/C17H21ClN2/c1-12-10-17(20(2)14-6-4-3-5-7-14)19-16-11-13(18)8-9-15(12)16/h8-11,14H,3-7H2,1-2H3. The smallest absolute Gasteiger partial charge is 0.129 e. The molecule has 0 spiro atoms. The van der Waals surface area contributed by atoms with Gasteiger partial charge >= 0.3 is 0 Å². The fourth-order valence-electron chi connectivity index (χ4n) is 3.19. The quantitative estimate of drug-likeness (QED) is 0.776. The molecule has 1 aliphatic rings. The van der Waals surface area contributed by atoms with Crippen LogP contribution in [0.1, 0.15) is 37.7 Å². The molecule has 106 valence electrons. The summed E-state index contributed by atoms with van der Waals surface area (Å²) in [7, 11) is 2.17. The van der Waals surface area contributed by atoms with Crippen LogP contribution in [-0.2, 0) is 0 Å². The Hall–Kier alpha value is -1.28. The van der Waals surface area contributed by atoms with Crippen molar-refractivity contribution in [3.63, 3.8) is 0 Å². The molecule has 0 saturated heterocycles. The van der Waals surface area contributed by atoms with Gasteiger partial charge in [-0.1, -0.05) is 36.9 Å². The van der Waals surface area contributed by atoms with E-state index in [4.69, 9.17) is 16.6 Å². The lowest BCUT2D eigenvalue weighted by atomic mass is 9.94. The second kappa shape index (κ2) is 5.61. The number of fused-ring (bicyclic) bond motifs is 1. The molecule has 0 unspecified atom stereocenters. The topological polar surface area (TPSA) is 16.1 Å². The molecule has 2 aromatic rings. The van der Waals surface area contributed by atoms with Crippen LogP contribution in [0.25, 0.3) is 10.9 Å². The van der Waals surface area contributed by atoms with Crippen molar-refractivity contribution >= 4 is 28.3 Å². The van der Waals surface area contributed by atoms with Gasteiger partial charge in [0.15, 0.2) is 0 Å². The maximum absolute atomic E-state index is 6.10. The van der Waals surface area contributed by atoms with Gasteiger partial charge in [0.05, 0.1) is 5.52 Å². The zero-order valence-corrected chi connectivity index (χ0v) is 13.0. The number of hydrogen-bond donors (Lipinski definition) is 0. The van der Waals surface area contributed by atoms with Crippen LogP contribution in [0, 0.1) is 6.92 Å². The van der Waals surface area contributed by atoms with Crippen molar-refractivity contribution < 1.29 is 0 Å². The van der Waals surface area contributed by atoms with Gasteiger partial charge in [0.25, 0.3) is 0 Å². The first-order valence-corrected chi connectivity index (χ1v) is 7.83. The Bertz CT molecular complexity index is 618. The molecule has 1 aromatic heterocycles. The molecule has 0 aliphatic heterocycles. The summed E-state index contributed by atoms with van der Waals surface area (Å²) in [6.07, 6.45) is 6.63. The lowest BCUT2D eigenvalue weighted by Gasteiger charge is -2.32. The molecular weight excluding hydrogens is 268 g/mol. The number of pyridine rings is 1. The van der Waals surface area contributed by atoms with Gasteiger partial charge in [-0.05, 0) is 43.5 Å². The second-order valence-corrected chi connectivity index (χ2v) is 6.30. The summed E-state index contributed by atoms with van der Waals surface area (Å²) in [5.41, 5.74) is 2.26. The van der Waals surface area contributed by atoms with E-state index in [0.29, 0.717) is 6.04 Å². The molecule has 3 heteroatoms. The SMILES string of the molecule is Cc1cc(N(C)C2CCCCC2)nc2cc(Cl)ccc12. The van der Waals surface area contributed by atoms with Crippen molar-refractivity contribution in [1.29, 1.82) is 0 Å². The number of aryl methyl sites for hydroxylation is 1. The zero-order chi connectivity index (χ0) is 14.1.